The highest BCUT2D eigenvalue weighted by molar-refractivity contribution is 5.78. The van der Waals surface area contributed by atoms with E-state index in [1.807, 2.05) is 0 Å². The lowest BCUT2D eigenvalue weighted by Crippen LogP contribution is -2.45. The van der Waals surface area contributed by atoms with Gasteiger partial charge in [-0.05, 0) is 48.6 Å². The van der Waals surface area contributed by atoms with Crippen molar-refractivity contribution >= 4 is 5.91 Å². The summed E-state index contributed by atoms with van der Waals surface area (Å²) < 4.78 is 0. The van der Waals surface area contributed by atoms with Crippen LogP contribution in [0, 0.1) is 11.8 Å². The van der Waals surface area contributed by atoms with Gasteiger partial charge in [-0.3, -0.25) is 9.69 Å². The minimum absolute atomic E-state index is 0.183. The van der Waals surface area contributed by atoms with Crippen molar-refractivity contribution in [2.45, 2.75) is 45.6 Å². The van der Waals surface area contributed by atoms with Crippen LogP contribution in [0.1, 0.15) is 50.3 Å². The molecule has 1 saturated heterocycles. The summed E-state index contributed by atoms with van der Waals surface area (Å²) >= 11 is 0. The van der Waals surface area contributed by atoms with Crippen LogP contribution in [0.5, 0.6) is 0 Å². The van der Waals surface area contributed by atoms with Gasteiger partial charge in [0.15, 0.2) is 0 Å². The third-order valence-electron chi connectivity index (χ3n) is 5.02. The van der Waals surface area contributed by atoms with E-state index in [-0.39, 0.29) is 11.9 Å². The maximum atomic E-state index is 12.4. The molecule has 0 spiro atoms. The first-order valence-corrected chi connectivity index (χ1v) is 8.71. The number of piperidine rings is 1. The Morgan fingerprint density at radius 3 is 2.73 bits per heavy atom. The summed E-state index contributed by atoms with van der Waals surface area (Å²) in [4.78, 5) is 14.8. The van der Waals surface area contributed by atoms with Crippen LogP contribution in [-0.4, -0.2) is 30.4 Å². The number of fused-ring (bicyclic) bond motifs is 1. The molecule has 1 fully saturated rings. The summed E-state index contributed by atoms with van der Waals surface area (Å²) in [6.07, 6.45) is 4.66. The molecule has 0 aromatic heterocycles. The van der Waals surface area contributed by atoms with Crippen LogP contribution >= 0.6 is 0 Å². The van der Waals surface area contributed by atoms with Crippen molar-refractivity contribution in [2.24, 2.45) is 11.8 Å². The Morgan fingerprint density at radius 2 is 1.95 bits per heavy atom. The Balaban J connectivity index is 1.58. The van der Waals surface area contributed by atoms with E-state index < -0.39 is 0 Å². The number of nitrogens with one attached hydrogen (secondary N) is 1. The Hall–Kier alpha value is -1.35. The summed E-state index contributed by atoms with van der Waals surface area (Å²) in [5.41, 5.74) is 2.72. The standard InChI is InChI=1S/C19H28N2O/c1-14-10-15(2)12-21(11-14)13-19(22)20-18-9-5-7-16-6-3-4-8-17(16)18/h3-4,6,8,14-15,18H,5,7,9-13H2,1-2H3,(H,20,22)/t14-,15-,18+/m0/s1. The molecule has 120 valence electrons. The van der Waals surface area contributed by atoms with Gasteiger partial charge < -0.3 is 5.32 Å². The molecular weight excluding hydrogens is 272 g/mol. The number of carbonyl (C=O) groups excluding carboxylic acids is 1. The molecule has 0 saturated carbocycles. The molecule has 1 aromatic carbocycles. The van der Waals surface area contributed by atoms with Crippen LogP contribution in [0.2, 0.25) is 0 Å². The summed E-state index contributed by atoms with van der Waals surface area (Å²) in [6, 6.07) is 8.75. The quantitative estimate of drug-likeness (QED) is 0.930. The summed E-state index contributed by atoms with van der Waals surface area (Å²) in [5.74, 6) is 1.59. The fourth-order valence-corrected chi connectivity index (χ4v) is 4.27. The van der Waals surface area contributed by atoms with Crippen molar-refractivity contribution in [3.8, 4) is 0 Å². The van der Waals surface area contributed by atoms with Gasteiger partial charge in [0.25, 0.3) is 0 Å². The topological polar surface area (TPSA) is 32.3 Å². The SMILES string of the molecule is C[C@H]1C[C@H](C)CN(CC(=O)N[C@@H]2CCCc3ccccc32)C1. The van der Waals surface area contributed by atoms with Gasteiger partial charge in [-0.15, -0.1) is 0 Å². The second-order valence-corrected chi connectivity index (χ2v) is 7.35. The normalized spacial score (nSPS) is 28.9. The molecule has 1 aliphatic heterocycles. The number of nitrogens with zero attached hydrogens (tertiary/aromatic N) is 1. The molecule has 3 nitrogen and oxygen atoms in total. The summed E-state index contributed by atoms with van der Waals surface area (Å²) in [5, 5.41) is 3.27. The zero-order chi connectivity index (χ0) is 15.5. The van der Waals surface area contributed by atoms with Crippen molar-refractivity contribution in [1.29, 1.82) is 0 Å². The number of hydrogen-bond donors (Lipinski definition) is 1. The fourth-order valence-electron chi connectivity index (χ4n) is 4.27. The second-order valence-electron chi connectivity index (χ2n) is 7.35. The van der Waals surface area contributed by atoms with E-state index in [2.05, 4.69) is 48.3 Å². The number of likely N-dealkylation sites (tertiary alicyclic amines) is 1. The third-order valence-corrected chi connectivity index (χ3v) is 5.02. The first-order chi connectivity index (χ1) is 10.6. The maximum absolute atomic E-state index is 12.4. The van der Waals surface area contributed by atoms with Gasteiger partial charge >= 0.3 is 0 Å². The molecule has 1 heterocycles. The lowest BCUT2D eigenvalue weighted by atomic mass is 9.87. The highest BCUT2D eigenvalue weighted by atomic mass is 16.2. The maximum Gasteiger partial charge on any atom is 0.234 e. The van der Waals surface area contributed by atoms with Crippen LogP contribution in [0.3, 0.4) is 0 Å². The number of carbonyl (C=O) groups is 1. The fraction of sp³-hybridized carbons (Fsp3) is 0.632. The molecule has 2 aliphatic rings. The second kappa shape index (κ2) is 6.82. The van der Waals surface area contributed by atoms with Crippen LogP contribution in [0.4, 0.5) is 0 Å². The monoisotopic (exact) mass is 300 g/mol. The largest absolute Gasteiger partial charge is 0.348 e. The summed E-state index contributed by atoms with van der Waals surface area (Å²) in [7, 11) is 0. The van der Waals surface area contributed by atoms with E-state index in [1.165, 1.54) is 24.0 Å². The molecule has 1 N–H and O–H groups in total. The third kappa shape index (κ3) is 3.70. The van der Waals surface area contributed by atoms with Crippen LogP contribution < -0.4 is 5.32 Å². The van der Waals surface area contributed by atoms with Gasteiger partial charge in [-0.25, -0.2) is 0 Å². The van der Waals surface area contributed by atoms with Crippen molar-refractivity contribution in [3.05, 3.63) is 35.4 Å². The van der Waals surface area contributed by atoms with E-state index in [9.17, 15) is 4.79 Å². The molecular formula is C19H28N2O. The Morgan fingerprint density at radius 1 is 1.23 bits per heavy atom. The van der Waals surface area contributed by atoms with Gasteiger partial charge in [-0.2, -0.15) is 0 Å². The molecule has 1 aliphatic carbocycles. The summed E-state index contributed by atoms with van der Waals surface area (Å²) in [6.45, 7) is 7.24. The van der Waals surface area contributed by atoms with Gasteiger partial charge in [0.2, 0.25) is 5.91 Å². The lowest BCUT2D eigenvalue weighted by molar-refractivity contribution is -0.123. The van der Waals surface area contributed by atoms with Crippen LogP contribution in [0.15, 0.2) is 24.3 Å². The molecule has 0 bridgehead atoms. The lowest BCUT2D eigenvalue weighted by Gasteiger charge is -2.35. The Bertz CT molecular complexity index is 518. The van der Waals surface area contributed by atoms with Gasteiger partial charge in [0, 0.05) is 13.1 Å². The minimum atomic E-state index is 0.183. The molecule has 3 heteroatoms. The van der Waals surface area contributed by atoms with E-state index in [4.69, 9.17) is 0 Å². The van der Waals surface area contributed by atoms with E-state index in [0.29, 0.717) is 18.4 Å². The van der Waals surface area contributed by atoms with Crippen molar-refractivity contribution in [1.82, 2.24) is 10.2 Å². The number of benzene rings is 1. The average molecular weight is 300 g/mol. The molecule has 3 rings (SSSR count). The van der Waals surface area contributed by atoms with Gasteiger partial charge in [0.05, 0.1) is 12.6 Å². The van der Waals surface area contributed by atoms with Crippen molar-refractivity contribution in [3.63, 3.8) is 0 Å². The molecule has 1 amide bonds. The average Bonchev–Trinajstić information content (AvgIpc) is 2.46. The van der Waals surface area contributed by atoms with Crippen LogP contribution in [-0.2, 0) is 11.2 Å². The highest BCUT2D eigenvalue weighted by Crippen LogP contribution is 2.29. The van der Waals surface area contributed by atoms with E-state index in [1.54, 1.807) is 0 Å². The predicted octanol–water partition coefficient (Wildman–Crippen LogP) is 3.16. The highest BCUT2D eigenvalue weighted by Gasteiger charge is 2.25. The number of aryl methyl sites for hydroxylation is 1. The Labute approximate surface area is 134 Å². The Kier molecular flexibility index (Phi) is 4.82. The van der Waals surface area contributed by atoms with Crippen molar-refractivity contribution < 1.29 is 4.79 Å². The molecule has 3 atom stereocenters. The minimum Gasteiger partial charge on any atom is -0.348 e. The van der Waals surface area contributed by atoms with E-state index >= 15 is 0 Å². The zero-order valence-corrected chi connectivity index (χ0v) is 13.8. The zero-order valence-electron chi connectivity index (χ0n) is 13.8. The first-order valence-electron chi connectivity index (χ1n) is 8.71. The van der Waals surface area contributed by atoms with E-state index in [0.717, 1.165) is 25.9 Å². The predicted molar refractivity (Wildman–Crippen MR) is 89.6 cm³/mol. The smallest absolute Gasteiger partial charge is 0.234 e. The van der Waals surface area contributed by atoms with Gasteiger partial charge in [0.1, 0.15) is 0 Å². The van der Waals surface area contributed by atoms with Gasteiger partial charge in [-0.1, -0.05) is 38.1 Å². The molecule has 0 unspecified atom stereocenters. The number of amides is 1. The first kappa shape index (κ1) is 15.5. The van der Waals surface area contributed by atoms with Crippen LogP contribution in [0.25, 0.3) is 0 Å². The molecule has 22 heavy (non-hydrogen) atoms. The molecule has 1 aromatic rings. The number of rotatable bonds is 3. The number of hydrogen-bond acceptors (Lipinski definition) is 2. The molecule has 0 radical (unpaired) electrons. The van der Waals surface area contributed by atoms with Crippen molar-refractivity contribution in [2.75, 3.05) is 19.6 Å².